The van der Waals surface area contributed by atoms with Gasteiger partial charge in [0, 0.05) is 25.0 Å². The highest BCUT2D eigenvalue weighted by atomic mass is 16.2. The van der Waals surface area contributed by atoms with Crippen molar-refractivity contribution >= 4 is 5.91 Å². The van der Waals surface area contributed by atoms with Crippen LogP contribution in [0.4, 0.5) is 0 Å². The number of hydrogen-bond acceptors (Lipinski definition) is 2. The highest BCUT2D eigenvalue weighted by Crippen LogP contribution is 2.30. The van der Waals surface area contributed by atoms with Gasteiger partial charge in [-0.15, -0.1) is 0 Å². The van der Waals surface area contributed by atoms with Gasteiger partial charge in [-0.1, -0.05) is 13.8 Å². The third kappa shape index (κ3) is 2.97. The van der Waals surface area contributed by atoms with Crippen molar-refractivity contribution < 1.29 is 4.79 Å². The van der Waals surface area contributed by atoms with E-state index in [1.165, 1.54) is 0 Å². The Morgan fingerprint density at radius 1 is 1.50 bits per heavy atom. The number of hydrogen-bond donors (Lipinski definition) is 1. The molecule has 1 aliphatic rings. The van der Waals surface area contributed by atoms with Crippen LogP contribution in [-0.4, -0.2) is 29.9 Å². The van der Waals surface area contributed by atoms with Crippen molar-refractivity contribution in [2.75, 3.05) is 7.05 Å². The van der Waals surface area contributed by atoms with E-state index in [4.69, 9.17) is 5.73 Å². The Labute approximate surface area is 99.4 Å². The van der Waals surface area contributed by atoms with E-state index in [2.05, 4.69) is 20.8 Å². The first-order valence-electron chi connectivity index (χ1n) is 6.49. The summed E-state index contributed by atoms with van der Waals surface area (Å²) in [6.45, 7) is 6.39. The van der Waals surface area contributed by atoms with Gasteiger partial charge in [-0.25, -0.2) is 0 Å². The third-order valence-corrected chi connectivity index (χ3v) is 4.13. The molecule has 1 rings (SSSR count). The molecular formula is C13H26N2O. The van der Waals surface area contributed by atoms with E-state index in [0.717, 1.165) is 25.7 Å². The zero-order valence-electron chi connectivity index (χ0n) is 11.1. The monoisotopic (exact) mass is 226 g/mol. The van der Waals surface area contributed by atoms with E-state index in [0.29, 0.717) is 23.9 Å². The molecule has 4 atom stereocenters. The summed E-state index contributed by atoms with van der Waals surface area (Å²) < 4.78 is 0. The SMILES string of the molecule is CCC(C)N(C)C(=O)C1CCC(N)CC1C. The van der Waals surface area contributed by atoms with Crippen LogP contribution in [0, 0.1) is 11.8 Å². The predicted octanol–water partition coefficient (Wildman–Crippen LogP) is 2.01. The Morgan fingerprint density at radius 2 is 2.12 bits per heavy atom. The van der Waals surface area contributed by atoms with Crippen LogP contribution in [0.15, 0.2) is 0 Å². The van der Waals surface area contributed by atoms with Crippen LogP contribution in [0.2, 0.25) is 0 Å². The zero-order chi connectivity index (χ0) is 12.3. The molecule has 0 aromatic heterocycles. The van der Waals surface area contributed by atoms with Gasteiger partial charge in [0.05, 0.1) is 0 Å². The Bertz CT molecular complexity index is 242. The molecule has 0 aromatic rings. The molecule has 0 aromatic carbocycles. The van der Waals surface area contributed by atoms with Crippen molar-refractivity contribution in [1.29, 1.82) is 0 Å². The molecule has 3 heteroatoms. The molecule has 94 valence electrons. The molecule has 0 heterocycles. The second-order valence-corrected chi connectivity index (χ2v) is 5.36. The molecular weight excluding hydrogens is 200 g/mol. The molecule has 1 fully saturated rings. The minimum Gasteiger partial charge on any atom is -0.343 e. The van der Waals surface area contributed by atoms with Crippen LogP contribution in [0.5, 0.6) is 0 Å². The molecule has 0 saturated heterocycles. The van der Waals surface area contributed by atoms with E-state index < -0.39 is 0 Å². The van der Waals surface area contributed by atoms with Gasteiger partial charge in [0.1, 0.15) is 0 Å². The fraction of sp³-hybridized carbons (Fsp3) is 0.923. The topological polar surface area (TPSA) is 46.3 Å². The molecule has 0 radical (unpaired) electrons. The van der Waals surface area contributed by atoms with Crippen molar-refractivity contribution in [2.24, 2.45) is 17.6 Å². The van der Waals surface area contributed by atoms with Crippen molar-refractivity contribution in [1.82, 2.24) is 4.90 Å². The van der Waals surface area contributed by atoms with Gasteiger partial charge in [-0.3, -0.25) is 4.79 Å². The van der Waals surface area contributed by atoms with Crippen LogP contribution in [0.1, 0.15) is 46.5 Å². The Balaban J connectivity index is 2.59. The molecule has 0 aliphatic heterocycles. The van der Waals surface area contributed by atoms with Crippen LogP contribution >= 0.6 is 0 Å². The van der Waals surface area contributed by atoms with Gasteiger partial charge in [-0.05, 0) is 38.5 Å². The van der Waals surface area contributed by atoms with E-state index in [9.17, 15) is 4.79 Å². The number of nitrogens with zero attached hydrogens (tertiary/aromatic N) is 1. The number of nitrogens with two attached hydrogens (primary N) is 1. The fourth-order valence-electron chi connectivity index (χ4n) is 2.56. The first-order chi connectivity index (χ1) is 7.47. The van der Waals surface area contributed by atoms with Crippen LogP contribution in [0.25, 0.3) is 0 Å². The molecule has 16 heavy (non-hydrogen) atoms. The minimum absolute atomic E-state index is 0.193. The highest BCUT2D eigenvalue weighted by molar-refractivity contribution is 5.79. The summed E-state index contributed by atoms with van der Waals surface area (Å²) >= 11 is 0. The average Bonchev–Trinajstić information content (AvgIpc) is 2.26. The molecule has 3 nitrogen and oxygen atoms in total. The number of carbonyl (C=O) groups is 1. The minimum atomic E-state index is 0.193. The van der Waals surface area contributed by atoms with Gasteiger partial charge in [0.25, 0.3) is 0 Å². The maximum atomic E-state index is 12.3. The van der Waals surface area contributed by atoms with E-state index in [1.54, 1.807) is 0 Å². The largest absolute Gasteiger partial charge is 0.343 e. The summed E-state index contributed by atoms with van der Waals surface area (Å²) in [5.74, 6) is 0.940. The summed E-state index contributed by atoms with van der Waals surface area (Å²) in [6.07, 6.45) is 3.96. The van der Waals surface area contributed by atoms with Gasteiger partial charge in [-0.2, -0.15) is 0 Å². The lowest BCUT2D eigenvalue weighted by molar-refractivity contribution is -0.138. The number of carbonyl (C=O) groups excluding carboxylic acids is 1. The van der Waals surface area contributed by atoms with Gasteiger partial charge in [0.2, 0.25) is 5.91 Å². The van der Waals surface area contributed by atoms with Crippen LogP contribution in [-0.2, 0) is 4.79 Å². The van der Waals surface area contributed by atoms with E-state index in [1.807, 2.05) is 11.9 Å². The van der Waals surface area contributed by atoms with Gasteiger partial charge >= 0.3 is 0 Å². The zero-order valence-corrected chi connectivity index (χ0v) is 11.1. The van der Waals surface area contributed by atoms with Crippen LogP contribution < -0.4 is 5.73 Å². The molecule has 0 spiro atoms. The predicted molar refractivity (Wildman–Crippen MR) is 67.0 cm³/mol. The van der Waals surface area contributed by atoms with Crippen molar-refractivity contribution in [3.63, 3.8) is 0 Å². The van der Waals surface area contributed by atoms with Crippen molar-refractivity contribution in [3.8, 4) is 0 Å². The first kappa shape index (κ1) is 13.5. The highest BCUT2D eigenvalue weighted by Gasteiger charge is 2.33. The lowest BCUT2D eigenvalue weighted by Gasteiger charge is -2.35. The smallest absolute Gasteiger partial charge is 0.225 e. The van der Waals surface area contributed by atoms with Crippen molar-refractivity contribution in [3.05, 3.63) is 0 Å². The number of rotatable bonds is 3. The fourth-order valence-corrected chi connectivity index (χ4v) is 2.56. The van der Waals surface area contributed by atoms with Gasteiger partial charge < -0.3 is 10.6 Å². The normalized spacial score (nSPS) is 32.2. The lowest BCUT2D eigenvalue weighted by atomic mass is 9.77. The van der Waals surface area contributed by atoms with Crippen LogP contribution in [0.3, 0.4) is 0 Å². The van der Waals surface area contributed by atoms with E-state index in [-0.39, 0.29) is 5.92 Å². The summed E-state index contributed by atoms with van der Waals surface area (Å²) in [4.78, 5) is 14.2. The van der Waals surface area contributed by atoms with Gasteiger partial charge in [0.15, 0.2) is 0 Å². The standard InChI is InChI=1S/C13H26N2O/c1-5-10(3)15(4)13(16)12-7-6-11(14)8-9(12)2/h9-12H,5-8,14H2,1-4H3. The second-order valence-electron chi connectivity index (χ2n) is 5.36. The molecule has 1 aliphatic carbocycles. The Kier molecular flexibility index (Phi) is 4.78. The number of amides is 1. The summed E-state index contributed by atoms with van der Waals surface area (Å²) in [5, 5.41) is 0. The molecule has 2 N–H and O–H groups in total. The summed E-state index contributed by atoms with van der Waals surface area (Å²) in [5.41, 5.74) is 5.92. The molecule has 1 saturated carbocycles. The van der Waals surface area contributed by atoms with E-state index >= 15 is 0 Å². The lowest BCUT2D eigenvalue weighted by Crippen LogP contribution is -2.44. The summed E-state index contributed by atoms with van der Waals surface area (Å²) in [6, 6.07) is 0.642. The maximum absolute atomic E-state index is 12.3. The molecule has 4 unspecified atom stereocenters. The quantitative estimate of drug-likeness (QED) is 0.800. The Hall–Kier alpha value is -0.570. The molecule has 0 bridgehead atoms. The average molecular weight is 226 g/mol. The second kappa shape index (κ2) is 5.67. The Morgan fingerprint density at radius 3 is 2.62 bits per heavy atom. The van der Waals surface area contributed by atoms with Crippen molar-refractivity contribution in [2.45, 2.75) is 58.5 Å². The summed E-state index contributed by atoms with van der Waals surface area (Å²) in [7, 11) is 1.93. The third-order valence-electron chi connectivity index (χ3n) is 4.13. The maximum Gasteiger partial charge on any atom is 0.225 e. The first-order valence-corrected chi connectivity index (χ1v) is 6.49. The molecule has 1 amide bonds.